The molecule has 4 aromatic rings. The Labute approximate surface area is 162 Å². The molecule has 138 valence electrons. The van der Waals surface area contributed by atoms with Gasteiger partial charge in [0.15, 0.2) is 5.88 Å². The lowest BCUT2D eigenvalue weighted by Gasteiger charge is -2.01. The number of aromatic nitrogens is 1. The van der Waals surface area contributed by atoms with Gasteiger partial charge in [-0.15, -0.1) is 0 Å². The fourth-order valence-electron chi connectivity index (χ4n) is 3.25. The van der Waals surface area contributed by atoms with Gasteiger partial charge in [0.2, 0.25) is 0 Å². The number of fused-ring (bicyclic) bond motifs is 2. The maximum Gasteiger partial charge on any atom is 0.199 e. The Morgan fingerprint density at radius 1 is 0.893 bits per heavy atom. The molecule has 28 heavy (non-hydrogen) atoms. The molecule has 0 bridgehead atoms. The Bertz CT molecular complexity index is 1180. The highest BCUT2D eigenvalue weighted by atomic mass is 16.3. The Balaban J connectivity index is 0.000000203. The second-order valence-electron chi connectivity index (χ2n) is 6.44. The van der Waals surface area contributed by atoms with Gasteiger partial charge in [0, 0.05) is 23.0 Å². The van der Waals surface area contributed by atoms with E-state index in [4.69, 9.17) is 11.1 Å². The lowest BCUT2D eigenvalue weighted by molar-refractivity contribution is 0.457. The van der Waals surface area contributed by atoms with Gasteiger partial charge in [0.25, 0.3) is 0 Å². The predicted octanol–water partition coefficient (Wildman–Crippen LogP) is 4.52. The van der Waals surface area contributed by atoms with Crippen molar-refractivity contribution in [2.45, 2.75) is 6.54 Å². The van der Waals surface area contributed by atoms with Gasteiger partial charge >= 0.3 is 0 Å². The SMILES string of the molecule is N=C1C(c2c(O)[nH]c3ccccc23)=Nc2ccccc21.NCc1ccccc1. The summed E-state index contributed by atoms with van der Waals surface area (Å²) in [6.07, 6.45) is 0. The summed E-state index contributed by atoms with van der Waals surface area (Å²) in [6.45, 7) is 0.640. The summed E-state index contributed by atoms with van der Waals surface area (Å²) in [5.74, 6) is 0.0579. The van der Waals surface area contributed by atoms with Gasteiger partial charge in [-0.05, 0) is 17.7 Å². The largest absolute Gasteiger partial charge is 0.494 e. The number of nitrogens with one attached hydrogen (secondary N) is 2. The van der Waals surface area contributed by atoms with E-state index in [1.165, 1.54) is 5.56 Å². The molecule has 5 nitrogen and oxygen atoms in total. The maximum atomic E-state index is 10.2. The van der Waals surface area contributed by atoms with E-state index in [1.807, 2.05) is 78.9 Å². The highest BCUT2D eigenvalue weighted by Gasteiger charge is 2.26. The van der Waals surface area contributed by atoms with Crippen LogP contribution in [-0.2, 0) is 6.54 Å². The number of aromatic hydroxyl groups is 1. The van der Waals surface area contributed by atoms with Gasteiger partial charge in [0.05, 0.1) is 17.0 Å². The summed E-state index contributed by atoms with van der Waals surface area (Å²) in [7, 11) is 0. The molecule has 1 aliphatic rings. The molecule has 5 N–H and O–H groups in total. The molecule has 0 aliphatic carbocycles. The molecule has 5 rings (SSSR count). The second kappa shape index (κ2) is 7.50. The van der Waals surface area contributed by atoms with Crippen molar-refractivity contribution in [2.24, 2.45) is 10.7 Å². The fraction of sp³-hybridized carbons (Fsp3) is 0.0435. The number of para-hydroxylation sites is 2. The van der Waals surface area contributed by atoms with Crippen molar-refractivity contribution >= 4 is 28.0 Å². The predicted molar refractivity (Wildman–Crippen MR) is 114 cm³/mol. The molecule has 0 unspecified atom stereocenters. The smallest absolute Gasteiger partial charge is 0.199 e. The van der Waals surface area contributed by atoms with E-state index in [-0.39, 0.29) is 5.88 Å². The Hall–Kier alpha value is -3.70. The summed E-state index contributed by atoms with van der Waals surface area (Å²) in [5.41, 5.74) is 10.4. The molecule has 3 aromatic carbocycles. The molecule has 0 saturated carbocycles. The molecular weight excluding hydrogens is 348 g/mol. The van der Waals surface area contributed by atoms with Gasteiger partial charge in [-0.2, -0.15) is 0 Å². The number of nitrogens with two attached hydrogens (primary N) is 1. The monoisotopic (exact) mass is 368 g/mol. The lowest BCUT2D eigenvalue weighted by Crippen LogP contribution is -2.10. The van der Waals surface area contributed by atoms with Crippen LogP contribution in [0.4, 0.5) is 5.69 Å². The van der Waals surface area contributed by atoms with Crippen LogP contribution in [0.5, 0.6) is 5.88 Å². The minimum absolute atomic E-state index is 0.0579. The van der Waals surface area contributed by atoms with E-state index >= 15 is 0 Å². The maximum absolute atomic E-state index is 10.2. The van der Waals surface area contributed by atoms with Crippen molar-refractivity contribution in [1.82, 2.24) is 4.98 Å². The Morgan fingerprint density at radius 2 is 1.57 bits per heavy atom. The van der Waals surface area contributed by atoms with E-state index in [1.54, 1.807) is 0 Å². The van der Waals surface area contributed by atoms with Crippen molar-refractivity contribution in [1.29, 1.82) is 5.41 Å². The van der Waals surface area contributed by atoms with Crippen LogP contribution in [0.25, 0.3) is 10.9 Å². The van der Waals surface area contributed by atoms with Gasteiger partial charge in [-0.25, -0.2) is 4.99 Å². The zero-order chi connectivity index (χ0) is 19.5. The van der Waals surface area contributed by atoms with Crippen LogP contribution in [0.15, 0.2) is 83.9 Å². The number of aliphatic imine (C=N–C) groups is 1. The van der Waals surface area contributed by atoms with Crippen molar-refractivity contribution in [3.05, 3.63) is 95.6 Å². The third kappa shape index (κ3) is 3.19. The van der Waals surface area contributed by atoms with Gasteiger partial charge < -0.3 is 15.8 Å². The first kappa shape index (κ1) is 17.7. The summed E-state index contributed by atoms with van der Waals surface area (Å²) in [6, 6.07) is 25.1. The van der Waals surface area contributed by atoms with E-state index in [2.05, 4.69) is 9.98 Å². The highest BCUT2D eigenvalue weighted by Crippen LogP contribution is 2.34. The number of rotatable bonds is 2. The van der Waals surface area contributed by atoms with Crippen molar-refractivity contribution in [3.63, 3.8) is 0 Å². The zero-order valence-electron chi connectivity index (χ0n) is 15.2. The second-order valence-corrected chi connectivity index (χ2v) is 6.44. The number of H-pyrrole nitrogens is 1. The van der Waals surface area contributed by atoms with E-state index < -0.39 is 0 Å². The van der Waals surface area contributed by atoms with Gasteiger partial charge in [-0.1, -0.05) is 66.7 Å². The number of aromatic amines is 1. The fourth-order valence-corrected chi connectivity index (χ4v) is 3.25. The van der Waals surface area contributed by atoms with Crippen LogP contribution in [-0.4, -0.2) is 21.5 Å². The van der Waals surface area contributed by atoms with Crippen LogP contribution >= 0.6 is 0 Å². The number of nitrogens with zero attached hydrogens (tertiary/aromatic N) is 1. The third-order valence-electron chi connectivity index (χ3n) is 4.64. The molecule has 1 aromatic heterocycles. The first-order valence-electron chi connectivity index (χ1n) is 9.00. The van der Waals surface area contributed by atoms with E-state index in [0.717, 1.165) is 22.2 Å². The average Bonchev–Trinajstić information content (AvgIpc) is 3.25. The average molecular weight is 368 g/mol. The van der Waals surface area contributed by atoms with Crippen molar-refractivity contribution in [2.75, 3.05) is 0 Å². The lowest BCUT2D eigenvalue weighted by atomic mass is 10.0. The first-order valence-corrected chi connectivity index (χ1v) is 9.00. The van der Waals surface area contributed by atoms with Crippen LogP contribution in [0.3, 0.4) is 0 Å². The van der Waals surface area contributed by atoms with Crippen LogP contribution in [0.2, 0.25) is 0 Å². The number of hydrogen-bond acceptors (Lipinski definition) is 4. The molecule has 0 fully saturated rings. The highest BCUT2D eigenvalue weighted by molar-refractivity contribution is 6.57. The summed E-state index contributed by atoms with van der Waals surface area (Å²) < 4.78 is 0. The third-order valence-corrected chi connectivity index (χ3v) is 4.64. The first-order chi connectivity index (χ1) is 13.7. The Kier molecular flexibility index (Phi) is 4.74. The van der Waals surface area contributed by atoms with Crippen molar-refractivity contribution < 1.29 is 5.11 Å². The van der Waals surface area contributed by atoms with E-state index in [9.17, 15) is 5.11 Å². The van der Waals surface area contributed by atoms with Crippen LogP contribution in [0.1, 0.15) is 16.7 Å². The summed E-state index contributed by atoms with van der Waals surface area (Å²) in [4.78, 5) is 7.43. The minimum Gasteiger partial charge on any atom is -0.494 e. The van der Waals surface area contributed by atoms with Gasteiger partial charge in [-0.3, -0.25) is 5.41 Å². The van der Waals surface area contributed by atoms with E-state index in [0.29, 0.717) is 23.5 Å². The normalized spacial score (nSPS) is 12.3. The molecule has 2 heterocycles. The molecule has 0 spiro atoms. The van der Waals surface area contributed by atoms with Gasteiger partial charge in [0.1, 0.15) is 5.71 Å². The molecule has 5 heteroatoms. The molecule has 1 aliphatic heterocycles. The molecule has 0 atom stereocenters. The quantitative estimate of drug-likeness (QED) is 0.418. The van der Waals surface area contributed by atoms with Crippen LogP contribution < -0.4 is 5.73 Å². The van der Waals surface area contributed by atoms with Crippen molar-refractivity contribution in [3.8, 4) is 5.88 Å². The summed E-state index contributed by atoms with van der Waals surface area (Å²) >= 11 is 0. The summed E-state index contributed by atoms with van der Waals surface area (Å²) in [5, 5.41) is 19.3. The number of benzene rings is 3. The number of hydrogen-bond donors (Lipinski definition) is 4. The molecular formula is C23H20N4O. The topological polar surface area (TPSA) is 98.2 Å². The minimum atomic E-state index is 0.0579. The van der Waals surface area contributed by atoms with Crippen LogP contribution in [0, 0.1) is 5.41 Å². The zero-order valence-corrected chi connectivity index (χ0v) is 15.2. The molecule has 0 amide bonds. The molecule has 0 saturated heterocycles. The molecule has 0 radical (unpaired) electrons. The standard InChI is InChI=1S/C16H11N3O.C7H9N/c17-14-10-6-2-4-8-12(10)18-15(14)13-9-5-1-3-7-11(9)19-16(13)20;8-6-7-4-2-1-3-5-7/h1-8,17,19-20H;1-5H,6,8H2. The Morgan fingerprint density at radius 3 is 2.29 bits per heavy atom.